The monoisotopic (exact) mass is 241 g/mol. The van der Waals surface area contributed by atoms with Crippen molar-refractivity contribution in [2.45, 2.75) is 0 Å². The summed E-state index contributed by atoms with van der Waals surface area (Å²) < 4.78 is 4.00. The first-order chi connectivity index (χ1) is 7.59. The number of anilines is 2. The Bertz CT molecular complexity index is 397. The summed E-state index contributed by atoms with van der Waals surface area (Å²) in [6.07, 6.45) is 0. The molecule has 2 rings (SSSR count). The molecule has 0 aromatic carbocycles. The number of hydrogen-bond donors (Lipinski definition) is 2. The molecule has 88 valence electrons. The number of rotatable bonds is 2. The average Bonchev–Trinajstić information content (AvgIpc) is 2.61. The van der Waals surface area contributed by atoms with Crippen LogP contribution in [0.1, 0.15) is 10.4 Å². The number of carbonyl (C=O) groups excluding carboxylic acids is 1. The van der Waals surface area contributed by atoms with Crippen LogP contribution in [0.15, 0.2) is 0 Å². The lowest BCUT2D eigenvalue weighted by Gasteiger charge is -2.33. The van der Waals surface area contributed by atoms with E-state index in [1.54, 1.807) is 0 Å². The Morgan fingerprint density at radius 1 is 1.38 bits per heavy atom. The zero-order chi connectivity index (χ0) is 11.7. The van der Waals surface area contributed by atoms with Gasteiger partial charge in [-0.3, -0.25) is 4.79 Å². The van der Waals surface area contributed by atoms with Crippen LogP contribution in [0.4, 0.5) is 10.8 Å². The minimum atomic E-state index is -0.500. The lowest BCUT2D eigenvalue weighted by Crippen LogP contribution is -2.44. The molecule has 1 aromatic rings. The molecule has 6 nitrogen and oxygen atoms in total. The van der Waals surface area contributed by atoms with E-state index in [0.717, 1.165) is 31.2 Å². The molecule has 0 radical (unpaired) electrons. The maximum absolute atomic E-state index is 11.3. The van der Waals surface area contributed by atoms with E-state index in [1.807, 2.05) is 0 Å². The normalized spacial score (nSPS) is 17.7. The minimum absolute atomic E-state index is 0.242. The van der Waals surface area contributed by atoms with Gasteiger partial charge in [-0.1, -0.05) is 0 Å². The van der Waals surface area contributed by atoms with Crippen molar-refractivity contribution < 1.29 is 4.79 Å². The Balaban J connectivity index is 2.24. The van der Waals surface area contributed by atoms with Crippen LogP contribution < -0.4 is 16.4 Å². The van der Waals surface area contributed by atoms with E-state index in [0.29, 0.717) is 5.56 Å². The second-order valence-electron chi connectivity index (χ2n) is 3.90. The van der Waals surface area contributed by atoms with Crippen LogP contribution in [0, 0.1) is 0 Å². The highest BCUT2D eigenvalue weighted by atomic mass is 32.1. The van der Waals surface area contributed by atoms with E-state index in [9.17, 15) is 4.79 Å². The Hall–Kier alpha value is -1.34. The molecule has 1 saturated heterocycles. The Kier molecular flexibility index (Phi) is 2.97. The number of hydrogen-bond acceptors (Lipinski definition) is 6. The van der Waals surface area contributed by atoms with Crippen molar-refractivity contribution in [2.24, 2.45) is 5.73 Å². The van der Waals surface area contributed by atoms with Gasteiger partial charge in [0.05, 0.1) is 0 Å². The lowest BCUT2D eigenvalue weighted by molar-refractivity contribution is 0.100. The van der Waals surface area contributed by atoms with Gasteiger partial charge in [0.2, 0.25) is 0 Å². The van der Waals surface area contributed by atoms with Crippen molar-refractivity contribution in [1.82, 2.24) is 9.27 Å². The van der Waals surface area contributed by atoms with E-state index >= 15 is 0 Å². The molecule has 1 amide bonds. The molecule has 0 saturated carbocycles. The summed E-state index contributed by atoms with van der Waals surface area (Å²) in [6, 6.07) is 0. The smallest absolute Gasteiger partial charge is 0.255 e. The molecule has 1 fully saturated rings. The third-order valence-corrected chi connectivity index (χ3v) is 3.66. The van der Waals surface area contributed by atoms with E-state index in [-0.39, 0.29) is 5.82 Å². The molecule has 16 heavy (non-hydrogen) atoms. The van der Waals surface area contributed by atoms with Crippen LogP contribution in [0.2, 0.25) is 0 Å². The van der Waals surface area contributed by atoms with Gasteiger partial charge in [-0.05, 0) is 18.6 Å². The summed E-state index contributed by atoms with van der Waals surface area (Å²) in [4.78, 5) is 15.6. The third-order valence-electron chi connectivity index (χ3n) is 2.74. The highest BCUT2D eigenvalue weighted by Gasteiger charge is 2.23. The summed E-state index contributed by atoms with van der Waals surface area (Å²) in [6.45, 7) is 3.68. The average molecular weight is 241 g/mol. The van der Waals surface area contributed by atoms with Gasteiger partial charge in [0, 0.05) is 26.2 Å². The van der Waals surface area contributed by atoms with Crippen LogP contribution >= 0.6 is 11.5 Å². The van der Waals surface area contributed by atoms with Crippen LogP contribution in [-0.4, -0.2) is 48.4 Å². The van der Waals surface area contributed by atoms with Gasteiger partial charge in [0.1, 0.15) is 10.6 Å². The first-order valence-corrected chi connectivity index (χ1v) is 5.85. The molecule has 0 atom stereocenters. The van der Waals surface area contributed by atoms with Gasteiger partial charge in [0.25, 0.3) is 5.91 Å². The number of nitrogens with two attached hydrogens (primary N) is 2. The zero-order valence-electron chi connectivity index (χ0n) is 9.14. The molecule has 1 aromatic heterocycles. The number of nitrogen functional groups attached to an aromatic ring is 1. The summed E-state index contributed by atoms with van der Waals surface area (Å²) in [5.74, 6) is -0.258. The molecule has 0 aliphatic carbocycles. The number of likely N-dealkylation sites (N-methyl/N-ethyl adjacent to an activating group) is 1. The molecule has 0 bridgehead atoms. The molecular formula is C9H15N5OS. The molecule has 0 unspecified atom stereocenters. The minimum Gasteiger partial charge on any atom is -0.382 e. The predicted octanol–water partition coefficient (Wildman–Crippen LogP) is -0.424. The number of piperazine rings is 1. The highest BCUT2D eigenvalue weighted by molar-refractivity contribution is 7.11. The zero-order valence-corrected chi connectivity index (χ0v) is 9.96. The Morgan fingerprint density at radius 3 is 2.56 bits per heavy atom. The fourth-order valence-electron chi connectivity index (χ4n) is 1.75. The van der Waals surface area contributed by atoms with Gasteiger partial charge in [-0.2, -0.15) is 4.37 Å². The van der Waals surface area contributed by atoms with E-state index in [1.165, 1.54) is 11.5 Å². The van der Waals surface area contributed by atoms with Crippen LogP contribution in [-0.2, 0) is 0 Å². The standard InChI is InChI=1S/C9H15N5OS/c1-13-2-4-14(5-3-13)9-6(8(11)15)7(10)12-16-9/h2-5H2,1H3,(H2,10,12)(H2,11,15). The Labute approximate surface area is 98.0 Å². The van der Waals surface area contributed by atoms with Crippen LogP contribution in [0.3, 0.4) is 0 Å². The first kappa shape index (κ1) is 11.2. The summed E-state index contributed by atoms with van der Waals surface area (Å²) in [5.41, 5.74) is 11.3. The van der Waals surface area contributed by atoms with Crippen molar-refractivity contribution in [3.05, 3.63) is 5.56 Å². The summed E-state index contributed by atoms with van der Waals surface area (Å²) in [7, 11) is 2.08. The molecule has 1 aliphatic heterocycles. The van der Waals surface area contributed by atoms with E-state index < -0.39 is 5.91 Å². The SMILES string of the molecule is CN1CCN(c2snc(N)c2C(N)=O)CC1. The fourth-order valence-corrected chi connectivity index (χ4v) is 2.62. The second kappa shape index (κ2) is 4.26. The van der Waals surface area contributed by atoms with Crippen molar-refractivity contribution in [3.8, 4) is 0 Å². The Morgan fingerprint density at radius 2 is 2.00 bits per heavy atom. The second-order valence-corrected chi connectivity index (χ2v) is 4.65. The molecule has 4 N–H and O–H groups in total. The van der Waals surface area contributed by atoms with Crippen molar-refractivity contribution in [1.29, 1.82) is 0 Å². The van der Waals surface area contributed by atoms with Crippen molar-refractivity contribution in [2.75, 3.05) is 43.9 Å². The van der Waals surface area contributed by atoms with Gasteiger partial charge in [-0.25, -0.2) is 0 Å². The van der Waals surface area contributed by atoms with E-state index in [2.05, 4.69) is 21.2 Å². The molecule has 0 spiro atoms. The van der Waals surface area contributed by atoms with E-state index in [4.69, 9.17) is 11.5 Å². The highest BCUT2D eigenvalue weighted by Crippen LogP contribution is 2.30. The molecular weight excluding hydrogens is 226 g/mol. The van der Waals surface area contributed by atoms with Gasteiger partial charge in [-0.15, -0.1) is 0 Å². The summed E-state index contributed by atoms with van der Waals surface area (Å²) in [5, 5.41) is 0.804. The third kappa shape index (κ3) is 1.96. The number of nitrogens with zero attached hydrogens (tertiary/aromatic N) is 3. The number of amides is 1. The van der Waals surface area contributed by atoms with Crippen molar-refractivity contribution in [3.63, 3.8) is 0 Å². The largest absolute Gasteiger partial charge is 0.382 e. The predicted molar refractivity (Wildman–Crippen MR) is 64.8 cm³/mol. The van der Waals surface area contributed by atoms with Gasteiger partial charge in [0.15, 0.2) is 5.82 Å². The number of primary amides is 1. The topological polar surface area (TPSA) is 88.5 Å². The molecule has 2 heterocycles. The van der Waals surface area contributed by atoms with Gasteiger partial charge < -0.3 is 21.3 Å². The van der Waals surface area contributed by atoms with Crippen molar-refractivity contribution >= 4 is 28.3 Å². The first-order valence-electron chi connectivity index (χ1n) is 5.08. The maximum Gasteiger partial charge on any atom is 0.255 e. The summed E-state index contributed by atoms with van der Waals surface area (Å²) >= 11 is 1.24. The fraction of sp³-hybridized carbons (Fsp3) is 0.556. The number of aromatic nitrogens is 1. The molecule has 1 aliphatic rings. The van der Waals surface area contributed by atoms with Crippen LogP contribution in [0.25, 0.3) is 0 Å². The quantitative estimate of drug-likeness (QED) is 0.734. The molecule has 7 heteroatoms. The number of carbonyl (C=O) groups is 1. The van der Waals surface area contributed by atoms with Gasteiger partial charge >= 0.3 is 0 Å². The van der Waals surface area contributed by atoms with Crippen LogP contribution in [0.5, 0.6) is 0 Å². The maximum atomic E-state index is 11.3. The lowest BCUT2D eigenvalue weighted by atomic mass is 10.2.